The van der Waals surface area contributed by atoms with Gasteiger partial charge in [-0.3, -0.25) is 0 Å². The first-order chi connectivity index (χ1) is 9.02. The zero-order chi connectivity index (χ0) is 13.8. The highest BCUT2D eigenvalue weighted by molar-refractivity contribution is 5.52. The van der Waals surface area contributed by atoms with E-state index < -0.39 is 11.7 Å². The van der Waals surface area contributed by atoms with Crippen LogP contribution in [0.3, 0.4) is 0 Å². The van der Waals surface area contributed by atoms with Crippen molar-refractivity contribution < 1.29 is 19.7 Å². The largest absolute Gasteiger partial charge is 0.493 e. The van der Waals surface area contributed by atoms with Crippen molar-refractivity contribution in [1.82, 2.24) is 0 Å². The van der Waals surface area contributed by atoms with Gasteiger partial charge in [0.25, 0.3) is 0 Å². The summed E-state index contributed by atoms with van der Waals surface area (Å²) >= 11 is 0. The molecule has 19 heavy (non-hydrogen) atoms. The Labute approximate surface area is 113 Å². The van der Waals surface area contributed by atoms with Crippen molar-refractivity contribution in [2.45, 2.75) is 31.5 Å². The number of hydrogen-bond donors (Lipinski definition) is 2. The second-order valence-corrected chi connectivity index (χ2v) is 5.70. The van der Waals surface area contributed by atoms with Crippen LogP contribution in [-0.2, 0) is 5.60 Å². The third kappa shape index (κ3) is 1.53. The van der Waals surface area contributed by atoms with Gasteiger partial charge in [-0.1, -0.05) is 6.92 Å². The average molecular weight is 264 g/mol. The molecule has 0 aliphatic heterocycles. The molecule has 1 aromatic carbocycles. The van der Waals surface area contributed by atoms with Gasteiger partial charge in [-0.25, -0.2) is 0 Å². The van der Waals surface area contributed by atoms with Crippen molar-refractivity contribution in [2.24, 2.45) is 11.8 Å². The standard InChI is InChI=1S/C15H20O4/c1-8-4-9-5-12(16)10-6-13(18-2)14(19-3)7-11(10)15(8,9)17/h6-9,12,16-17H,4-5H2,1-3H3/t8-,9+,12-,15-/m0/s1. The third-order valence-corrected chi connectivity index (χ3v) is 4.87. The molecule has 0 radical (unpaired) electrons. The van der Waals surface area contributed by atoms with Crippen LogP contribution in [0.15, 0.2) is 12.1 Å². The summed E-state index contributed by atoms with van der Waals surface area (Å²) in [6.07, 6.45) is 1.04. The summed E-state index contributed by atoms with van der Waals surface area (Å²) in [5, 5.41) is 21.2. The maximum atomic E-state index is 10.9. The minimum absolute atomic E-state index is 0.142. The van der Waals surface area contributed by atoms with E-state index in [-0.39, 0.29) is 11.8 Å². The van der Waals surface area contributed by atoms with Gasteiger partial charge in [0.1, 0.15) is 0 Å². The normalized spacial score (nSPS) is 35.9. The summed E-state index contributed by atoms with van der Waals surface area (Å²) in [4.78, 5) is 0. The number of aliphatic hydroxyl groups is 2. The van der Waals surface area contributed by atoms with E-state index in [1.807, 2.05) is 6.07 Å². The van der Waals surface area contributed by atoms with Crippen molar-refractivity contribution in [3.8, 4) is 11.5 Å². The fourth-order valence-electron chi connectivity index (χ4n) is 3.70. The van der Waals surface area contributed by atoms with E-state index in [0.29, 0.717) is 17.9 Å². The van der Waals surface area contributed by atoms with Gasteiger partial charge in [0.2, 0.25) is 0 Å². The number of ether oxygens (including phenoxy) is 2. The van der Waals surface area contributed by atoms with Crippen LogP contribution in [0.4, 0.5) is 0 Å². The Morgan fingerprint density at radius 1 is 1.16 bits per heavy atom. The van der Waals surface area contributed by atoms with Gasteiger partial charge in [0.15, 0.2) is 11.5 Å². The number of benzene rings is 1. The monoisotopic (exact) mass is 264 g/mol. The van der Waals surface area contributed by atoms with Gasteiger partial charge in [-0.15, -0.1) is 0 Å². The predicted octanol–water partition coefficient (Wildman–Crippen LogP) is 1.98. The number of hydrogen-bond acceptors (Lipinski definition) is 4. The van der Waals surface area contributed by atoms with Crippen LogP contribution in [0, 0.1) is 11.8 Å². The van der Waals surface area contributed by atoms with Crippen molar-refractivity contribution in [1.29, 1.82) is 0 Å². The number of methoxy groups -OCH3 is 2. The third-order valence-electron chi connectivity index (χ3n) is 4.87. The van der Waals surface area contributed by atoms with Gasteiger partial charge in [0.05, 0.1) is 25.9 Å². The number of aliphatic hydroxyl groups excluding tert-OH is 1. The highest BCUT2D eigenvalue weighted by atomic mass is 16.5. The van der Waals surface area contributed by atoms with Gasteiger partial charge in [0, 0.05) is 0 Å². The Balaban J connectivity index is 2.18. The lowest BCUT2D eigenvalue weighted by atomic mass is 9.53. The van der Waals surface area contributed by atoms with Gasteiger partial charge in [-0.05, 0) is 47.9 Å². The molecule has 0 unspecified atom stereocenters. The summed E-state index contributed by atoms with van der Waals surface area (Å²) in [5.74, 6) is 1.54. The van der Waals surface area contributed by atoms with E-state index >= 15 is 0 Å². The maximum absolute atomic E-state index is 10.9. The Bertz CT molecular complexity index is 513. The molecule has 1 fully saturated rings. The molecule has 0 spiro atoms. The molecule has 4 nitrogen and oxygen atoms in total. The van der Waals surface area contributed by atoms with E-state index in [1.165, 1.54) is 0 Å². The number of fused-ring (bicyclic) bond motifs is 3. The minimum atomic E-state index is -0.825. The second kappa shape index (κ2) is 4.12. The van der Waals surface area contributed by atoms with Crippen LogP contribution in [-0.4, -0.2) is 24.4 Å². The molecule has 104 valence electrons. The Kier molecular flexibility index (Phi) is 2.76. The fourth-order valence-corrected chi connectivity index (χ4v) is 3.70. The zero-order valence-corrected chi connectivity index (χ0v) is 11.5. The molecule has 0 bridgehead atoms. The predicted molar refractivity (Wildman–Crippen MR) is 70.3 cm³/mol. The van der Waals surface area contributed by atoms with E-state index in [2.05, 4.69) is 6.92 Å². The lowest BCUT2D eigenvalue weighted by molar-refractivity contribution is -0.174. The summed E-state index contributed by atoms with van der Waals surface area (Å²) in [6, 6.07) is 3.61. The topological polar surface area (TPSA) is 58.9 Å². The molecular formula is C15H20O4. The van der Waals surface area contributed by atoms with Crippen LogP contribution >= 0.6 is 0 Å². The van der Waals surface area contributed by atoms with Crippen LogP contribution in [0.25, 0.3) is 0 Å². The molecule has 2 aliphatic rings. The van der Waals surface area contributed by atoms with Gasteiger partial charge in [-0.2, -0.15) is 0 Å². The Hall–Kier alpha value is -1.26. The molecule has 0 heterocycles. The van der Waals surface area contributed by atoms with Crippen molar-refractivity contribution in [2.75, 3.05) is 14.2 Å². The highest BCUT2D eigenvalue weighted by Gasteiger charge is 2.57. The van der Waals surface area contributed by atoms with Gasteiger partial charge >= 0.3 is 0 Å². The molecule has 1 saturated carbocycles. The molecule has 4 atom stereocenters. The molecular weight excluding hydrogens is 244 g/mol. The molecule has 0 saturated heterocycles. The molecule has 0 aromatic heterocycles. The van der Waals surface area contributed by atoms with Crippen LogP contribution in [0.1, 0.15) is 37.0 Å². The lowest BCUT2D eigenvalue weighted by Crippen LogP contribution is -2.54. The Morgan fingerprint density at radius 3 is 2.37 bits per heavy atom. The zero-order valence-electron chi connectivity index (χ0n) is 11.5. The van der Waals surface area contributed by atoms with Crippen molar-refractivity contribution >= 4 is 0 Å². The number of rotatable bonds is 2. The molecule has 1 aromatic rings. The quantitative estimate of drug-likeness (QED) is 0.857. The van der Waals surface area contributed by atoms with Gasteiger partial charge < -0.3 is 19.7 Å². The van der Waals surface area contributed by atoms with Crippen molar-refractivity contribution in [3.05, 3.63) is 23.3 Å². The summed E-state index contributed by atoms with van der Waals surface area (Å²) in [6.45, 7) is 2.05. The van der Waals surface area contributed by atoms with E-state index in [0.717, 1.165) is 17.5 Å². The van der Waals surface area contributed by atoms with Crippen LogP contribution < -0.4 is 9.47 Å². The fraction of sp³-hybridized carbons (Fsp3) is 0.600. The van der Waals surface area contributed by atoms with Crippen LogP contribution in [0.2, 0.25) is 0 Å². The highest BCUT2D eigenvalue weighted by Crippen LogP contribution is 2.60. The smallest absolute Gasteiger partial charge is 0.161 e. The first-order valence-corrected chi connectivity index (χ1v) is 6.69. The van der Waals surface area contributed by atoms with Crippen molar-refractivity contribution in [3.63, 3.8) is 0 Å². The average Bonchev–Trinajstić information content (AvgIpc) is 2.43. The van der Waals surface area contributed by atoms with Crippen LogP contribution in [0.5, 0.6) is 11.5 Å². The molecule has 4 heteroatoms. The second-order valence-electron chi connectivity index (χ2n) is 5.70. The Morgan fingerprint density at radius 2 is 1.79 bits per heavy atom. The first-order valence-electron chi connectivity index (χ1n) is 6.69. The molecule has 0 amide bonds. The summed E-state index contributed by atoms with van der Waals surface area (Å²) in [7, 11) is 3.15. The molecule has 2 N–H and O–H groups in total. The summed E-state index contributed by atoms with van der Waals surface area (Å²) < 4.78 is 10.6. The lowest BCUT2D eigenvalue weighted by Gasteiger charge is -2.55. The minimum Gasteiger partial charge on any atom is -0.493 e. The maximum Gasteiger partial charge on any atom is 0.161 e. The molecule has 3 rings (SSSR count). The molecule has 2 aliphatic carbocycles. The van der Waals surface area contributed by atoms with E-state index in [9.17, 15) is 10.2 Å². The van der Waals surface area contributed by atoms with E-state index in [1.54, 1.807) is 20.3 Å². The first kappa shape index (κ1) is 12.8. The van der Waals surface area contributed by atoms with E-state index in [4.69, 9.17) is 9.47 Å². The SMILES string of the molecule is COc1cc2c(cc1OC)[C@@]1(O)[C@@H](C[C@@H]2O)C[C@@H]1C. The summed E-state index contributed by atoms with van der Waals surface area (Å²) in [5.41, 5.74) is 0.740.